The van der Waals surface area contributed by atoms with Crippen molar-refractivity contribution in [2.45, 2.75) is 25.1 Å². The van der Waals surface area contributed by atoms with Crippen LogP contribution in [0.25, 0.3) is 0 Å². The standard InChI is InChI=1S/C14H18N2O4/c1-20-12(14(18)19)8-16-13(17)11-6-9-4-2-3-5-10(9)7-15-11/h2-5,11-12,15H,6-8H2,1H3,(H,16,17)(H,18,19)/t11-,12?/m1/s1. The molecule has 0 saturated heterocycles. The molecule has 0 bridgehead atoms. The molecule has 108 valence electrons. The molecule has 1 aromatic rings. The van der Waals surface area contributed by atoms with Crippen molar-refractivity contribution in [2.75, 3.05) is 13.7 Å². The molecule has 20 heavy (non-hydrogen) atoms. The van der Waals surface area contributed by atoms with Crippen LogP contribution in [0.15, 0.2) is 24.3 Å². The van der Waals surface area contributed by atoms with E-state index in [1.54, 1.807) is 0 Å². The summed E-state index contributed by atoms with van der Waals surface area (Å²) < 4.78 is 4.77. The molecule has 0 aliphatic carbocycles. The molecule has 0 radical (unpaired) electrons. The highest BCUT2D eigenvalue weighted by atomic mass is 16.5. The van der Waals surface area contributed by atoms with Gasteiger partial charge < -0.3 is 20.5 Å². The number of carboxylic acid groups (broad SMARTS) is 1. The van der Waals surface area contributed by atoms with Crippen molar-refractivity contribution >= 4 is 11.9 Å². The van der Waals surface area contributed by atoms with Gasteiger partial charge in [0.05, 0.1) is 12.6 Å². The van der Waals surface area contributed by atoms with Gasteiger partial charge in [-0.25, -0.2) is 4.79 Å². The molecule has 1 aliphatic heterocycles. The van der Waals surface area contributed by atoms with Crippen LogP contribution in [0, 0.1) is 0 Å². The molecular formula is C14H18N2O4. The summed E-state index contributed by atoms with van der Waals surface area (Å²) in [4.78, 5) is 22.8. The van der Waals surface area contributed by atoms with E-state index in [9.17, 15) is 9.59 Å². The number of fused-ring (bicyclic) bond motifs is 1. The number of carboxylic acids is 1. The zero-order valence-corrected chi connectivity index (χ0v) is 11.3. The lowest BCUT2D eigenvalue weighted by atomic mass is 9.95. The smallest absolute Gasteiger partial charge is 0.334 e. The van der Waals surface area contributed by atoms with Crippen LogP contribution in [-0.4, -0.2) is 42.8 Å². The van der Waals surface area contributed by atoms with Gasteiger partial charge in [-0.1, -0.05) is 24.3 Å². The van der Waals surface area contributed by atoms with Gasteiger partial charge in [-0.2, -0.15) is 0 Å². The van der Waals surface area contributed by atoms with Gasteiger partial charge in [0.25, 0.3) is 0 Å². The average Bonchev–Trinajstić information content (AvgIpc) is 2.46. The number of ether oxygens (including phenoxy) is 1. The van der Waals surface area contributed by atoms with Gasteiger partial charge in [0.2, 0.25) is 5.91 Å². The minimum Gasteiger partial charge on any atom is -0.479 e. The summed E-state index contributed by atoms with van der Waals surface area (Å²) in [6.45, 7) is 0.603. The van der Waals surface area contributed by atoms with Gasteiger partial charge in [-0.3, -0.25) is 4.79 Å². The van der Waals surface area contributed by atoms with Crippen LogP contribution in [-0.2, 0) is 27.3 Å². The van der Waals surface area contributed by atoms with Crippen molar-refractivity contribution in [3.05, 3.63) is 35.4 Å². The van der Waals surface area contributed by atoms with Crippen LogP contribution in [0.4, 0.5) is 0 Å². The van der Waals surface area contributed by atoms with E-state index in [-0.39, 0.29) is 18.5 Å². The zero-order chi connectivity index (χ0) is 14.5. The molecule has 0 fully saturated rings. The van der Waals surface area contributed by atoms with Gasteiger partial charge >= 0.3 is 5.97 Å². The number of amides is 1. The maximum atomic E-state index is 12.0. The predicted molar refractivity (Wildman–Crippen MR) is 72.2 cm³/mol. The molecule has 1 unspecified atom stereocenters. The minimum atomic E-state index is -1.09. The van der Waals surface area contributed by atoms with Crippen LogP contribution in [0.1, 0.15) is 11.1 Å². The number of hydrogen-bond donors (Lipinski definition) is 3. The van der Waals surface area contributed by atoms with Gasteiger partial charge in [0, 0.05) is 13.7 Å². The maximum absolute atomic E-state index is 12.0. The van der Waals surface area contributed by atoms with Crippen LogP contribution in [0.2, 0.25) is 0 Å². The number of carbonyl (C=O) groups is 2. The lowest BCUT2D eigenvalue weighted by Crippen LogP contribution is -2.50. The minimum absolute atomic E-state index is 0.0372. The number of hydrogen-bond acceptors (Lipinski definition) is 4. The second-order valence-electron chi connectivity index (χ2n) is 4.71. The molecule has 2 rings (SSSR count). The van der Waals surface area contributed by atoms with Crippen molar-refractivity contribution < 1.29 is 19.4 Å². The largest absolute Gasteiger partial charge is 0.479 e. The molecule has 3 N–H and O–H groups in total. The van der Waals surface area contributed by atoms with Crippen LogP contribution in [0.3, 0.4) is 0 Å². The first-order chi connectivity index (χ1) is 9.61. The van der Waals surface area contributed by atoms with Crippen LogP contribution < -0.4 is 10.6 Å². The Morgan fingerprint density at radius 3 is 2.80 bits per heavy atom. The van der Waals surface area contributed by atoms with E-state index in [0.29, 0.717) is 13.0 Å². The summed E-state index contributed by atoms with van der Waals surface area (Å²) in [6.07, 6.45) is -0.415. The number of carbonyl (C=O) groups excluding carboxylic acids is 1. The number of aliphatic carboxylic acids is 1. The van der Waals surface area contributed by atoms with Crippen LogP contribution in [0.5, 0.6) is 0 Å². The fourth-order valence-electron chi connectivity index (χ4n) is 2.23. The Labute approximate surface area is 117 Å². The first-order valence-electron chi connectivity index (χ1n) is 6.45. The molecule has 1 amide bonds. The van der Waals surface area contributed by atoms with Gasteiger partial charge in [-0.05, 0) is 17.5 Å². The highest BCUT2D eigenvalue weighted by Gasteiger charge is 2.25. The Morgan fingerprint density at radius 2 is 2.15 bits per heavy atom. The molecule has 1 heterocycles. The second kappa shape index (κ2) is 6.49. The molecule has 0 spiro atoms. The Balaban J connectivity index is 1.90. The summed E-state index contributed by atoms with van der Waals surface area (Å²) in [5.74, 6) is -1.29. The summed E-state index contributed by atoms with van der Waals surface area (Å²) in [7, 11) is 1.31. The Hall–Kier alpha value is -1.92. The topological polar surface area (TPSA) is 87.7 Å². The summed E-state index contributed by atoms with van der Waals surface area (Å²) in [5, 5.41) is 14.6. The number of methoxy groups -OCH3 is 1. The van der Waals surface area contributed by atoms with Crippen molar-refractivity contribution in [3.63, 3.8) is 0 Å². The Kier molecular flexibility index (Phi) is 4.70. The second-order valence-corrected chi connectivity index (χ2v) is 4.71. The fraction of sp³-hybridized carbons (Fsp3) is 0.429. The van der Waals surface area contributed by atoms with E-state index in [0.717, 1.165) is 5.56 Å². The van der Waals surface area contributed by atoms with Crippen molar-refractivity contribution in [1.29, 1.82) is 0 Å². The highest BCUT2D eigenvalue weighted by Crippen LogP contribution is 2.16. The Bertz CT molecular complexity index is 504. The fourth-order valence-corrected chi connectivity index (χ4v) is 2.23. The van der Waals surface area contributed by atoms with Gasteiger partial charge in [-0.15, -0.1) is 0 Å². The number of benzene rings is 1. The van der Waals surface area contributed by atoms with E-state index in [4.69, 9.17) is 9.84 Å². The van der Waals surface area contributed by atoms with Crippen molar-refractivity contribution in [3.8, 4) is 0 Å². The third-order valence-corrected chi connectivity index (χ3v) is 3.42. The Morgan fingerprint density at radius 1 is 1.45 bits per heavy atom. The average molecular weight is 278 g/mol. The number of rotatable bonds is 5. The third kappa shape index (κ3) is 3.34. The van der Waals surface area contributed by atoms with E-state index >= 15 is 0 Å². The molecule has 0 aromatic heterocycles. The third-order valence-electron chi connectivity index (χ3n) is 3.42. The zero-order valence-electron chi connectivity index (χ0n) is 11.3. The van der Waals surface area contributed by atoms with Crippen molar-refractivity contribution in [2.24, 2.45) is 0 Å². The highest BCUT2D eigenvalue weighted by molar-refractivity contribution is 5.83. The molecule has 2 atom stereocenters. The van der Waals surface area contributed by atoms with Gasteiger partial charge in [0.15, 0.2) is 6.10 Å². The molecule has 0 saturated carbocycles. The maximum Gasteiger partial charge on any atom is 0.334 e. The summed E-state index contributed by atoms with van der Waals surface area (Å²) in [5.41, 5.74) is 2.34. The summed E-state index contributed by atoms with van der Waals surface area (Å²) in [6, 6.07) is 7.62. The van der Waals surface area contributed by atoms with Gasteiger partial charge in [0.1, 0.15) is 0 Å². The van der Waals surface area contributed by atoms with E-state index in [1.807, 2.05) is 24.3 Å². The van der Waals surface area contributed by atoms with Crippen LogP contribution >= 0.6 is 0 Å². The molecular weight excluding hydrogens is 260 g/mol. The first-order valence-corrected chi connectivity index (χ1v) is 6.45. The molecule has 6 nitrogen and oxygen atoms in total. The number of nitrogens with one attached hydrogen (secondary N) is 2. The summed E-state index contributed by atoms with van der Waals surface area (Å²) >= 11 is 0. The molecule has 1 aliphatic rings. The van der Waals surface area contributed by atoms with E-state index < -0.39 is 12.1 Å². The molecule has 6 heteroatoms. The monoisotopic (exact) mass is 278 g/mol. The lowest BCUT2D eigenvalue weighted by Gasteiger charge is -2.25. The first kappa shape index (κ1) is 14.5. The van der Waals surface area contributed by atoms with Crippen molar-refractivity contribution in [1.82, 2.24) is 10.6 Å². The SMILES string of the molecule is COC(CNC(=O)[C@H]1Cc2ccccc2CN1)C(=O)O. The lowest BCUT2D eigenvalue weighted by molar-refractivity contribution is -0.148. The predicted octanol–water partition coefficient (Wildman–Crippen LogP) is -0.0833. The molecule has 1 aromatic carbocycles. The van der Waals surface area contributed by atoms with E-state index in [2.05, 4.69) is 10.6 Å². The van der Waals surface area contributed by atoms with E-state index in [1.165, 1.54) is 12.7 Å². The quantitative estimate of drug-likeness (QED) is 0.701. The normalized spacial score (nSPS) is 18.9.